The lowest BCUT2D eigenvalue weighted by atomic mass is 9.80. The van der Waals surface area contributed by atoms with Gasteiger partial charge in [0.05, 0.1) is 6.61 Å². The lowest BCUT2D eigenvalue weighted by molar-refractivity contribution is 0.282. The Morgan fingerprint density at radius 2 is 1.50 bits per heavy atom. The van der Waals surface area contributed by atoms with Gasteiger partial charge in [-0.25, -0.2) is 0 Å². The molecular formula is C25H24O. The van der Waals surface area contributed by atoms with Crippen LogP contribution in [0, 0.1) is 0 Å². The van der Waals surface area contributed by atoms with Crippen LogP contribution in [-0.2, 0) is 25.9 Å². The van der Waals surface area contributed by atoms with E-state index < -0.39 is 0 Å². The van der Waals surface area contributed by atoms with Gasteiger partial charge < -0.3 is 5.11 Å². The molecule has 0 amide bonds. The Morgan fingerprint density at radius 3 is 2.31 bits per heavy atom. The molecule has 3 aromatic carbocycles. The summed E-state index contributed by atoms with van der Waals surface area (Å²) in [6.45, 7) is 0.140. The molecule has 0 atom stereocenters. The summed E-state index contributed by atoms with van der Waals surface area (Å²) in [6.07, 6.45) is 9.45. The molecule has 0 unspecified atom stereocenters. The molecule has 0 radical (unpaired) electrons. The minimum Gasteiger partial charge on any atom is -0.392 e. The molecular weight excluding hydrogens is 316 g/mol. The van der Waals surface area contributed by atoms with Gasteiger partial charge in [0.2, 0.25) is 0 Å². The second-order valence-electron chi connectivity index (χ2n) is 6.91. The Hall–Kier alpha value is -2.64. The highest BCUT2D eigenvalue weighted by Gasteiger charge is 2.19. The number of rotatable bonds is 1. The zero-order valence-corrected chi connectivity index (χ0v) is 15.0. The Morgan fingerprint density at radius 1 is 0.692 bits per heavy atom. The molecule has 0 aromatic heterocycles. The maximum absolute atomic E-state index is 8.54. The first-order valence-corrected chi connectivity index (χ1v) is 9.41. The zero-order valence-electron chi connectivity index (χ0n) is 15.0. The second-order valence-corrected chi connectivity index (χ2v) is 6.91. The molecule has 2 aliphatic rings. The van der Waals surface area contributed by atoms with E-state index in [0.717, 1.165) is 5.56 Å². The fourth-order valence-corrected chi connectivity index (χ4v) is 3.94. The normalized spacial score (nSPS) is 13.7. The molecule has 1 N–H and O–H groups in total. The first-order valence-electron chi connectivity index (χ1n) is 9.41. The summed E-state index contributed by atoms with van der Waals surface area (Å²) in [4.78, 5) is 0. The van der Waals surface area contributed by atoms with Crippen LogP contribution in [0.15, 0.2) is 72.8 Å². The standard InChI is InChI=1S/C18H16.C7H8O/c1-3-7-15-13(5-1)9-11-18-16-8-4-2-6-14(16)10-12-17(15)18;8-6-7-4-2-1-3-5-7/h1,3-5,7-8,10,12H,2,6,9,11H2;1-5,8H,6H2. The van der Waals surface area contributed by atoms with E-state index in [-0.39, 0.29) is 6.61 Å². The summed E-state index contributed by atoms with van der Waals surface area (Å²) in [5, 5.41) is 8.54. The average Bonchev–Trinajstić information content (AvgIpc) is 2.74. The predicted molar refractivity (Wildman–Crippen MR) is 109 cm³/mol. The molecule has 2 aliphatic carbocycles. The largest absolute Gasteiger partial charge is 0.392 e. The quantitative estimate of drug-likeness (QED) is 0.612. The number of hydrogen-bond acceptors (Lipinski definition) is 1. The second kappa shape index (κ2) is 7.72. The van der Waals surface area contributed by atoms with Crippen LogP contribution in [0.3, 0.4) is 0 Å². The summed E-state index contributed by atoms with van der Waals surface area (Å²) < 4.78 is 0. The number of benzene rings is 3. The highest BCUT2D eigenvalue weighted by atomic mass is 16.3. The Kier molecular flexibility index (Phi) is 4.99. The third-order valence-electron chi connectivity index (χ3n) is 5.29. The lowest BCUT2D eigenvalue weighted by Crippen LogP contribution is -2.08. The van der Waals surface area contributed by atoms with Gasteiger partial charge in [-0.05, 0) is 64.6 Å². The average molecular weight is 340 g/mol. The molecule has 0 saturated carbocycles. The van der Waals surface area contributed by atoms with Gasteiger partial charge in [0.25, 0.3) is 0 Å². The molecule has 0 fully saturated rings. The smallest absolute Gasteiger partial charge is 0.0681 e. The van der Waals surface area contributed by atoms with Crippen molar-refractivity contribution in [1.29, 1.82) is 0 Å². The van der Waals surface area contributed by atoms with Crippen LogP contribution >= 0.6 is 0 Å². The van der Waals surface area contributed by atoms with E-state index in [1.807, 2.05) is 30.3 Å². The maximum Gasteiger partial charge on any atom is 0.0681 e. The molecule has 3 aromatic rings. The summed E-state index contributed by atoms with van der Waals surface area (Å²) in [6, 6.07) is 23.0. The molecule has 1 heteroatoms. The van der Waals surface area contributed by atoms with Crippen molar-refractivity contribution in [3.63, 3.8) is 0 Å². The van der Waals surface area contributed by atoms with E-state index >= 15 is 0 Å². The molecule has 1 nitrogen and oxygen atoms in total. The van der Waals surface area contributed by atoms with Gasteiger partial charge in [-0.15, -0.1) is 0 Å². The van der Waals surface area contributed by atoms with Crippen molar-refractivity contribution in [3.8, 4) is 11.1 Å². The van der Waals surface area contributed by atoms with Gasteiger partial charge in [0, 0.05) is 0 Å². The fourth-order valence-electron chi connectivity index (χ4n) is 3.94. The van der Waals surface area contributed by atoms with Gasteiger partial charge in [-0.1, -0.05) is 78.9 Å². The monoisotopic (exact) mass is 340 g/mol. The molecule has 5 rings (SSSR count). The van der Waals surface area contributed by atoms with E-state index in [0.29, 0.717) is 0 Å². The Balaban J connectivity index is 0.000000178. The lowest BCUT2D eigenvalue weighted by Gasteiger charge is -2.24. The SMILES string of the molecule is C1=Cc2c(ccc3c2CCc2ccccc2-3)CC1.OCc1ccccc1. The van der Waals surface area contributed by atoms with Gasteiger partial charge in [0.1, 0.15) is 0 Å². The molecule has 0 bridgehead atoms. The van der Waals surface area contributed by atoms with Crippen molar-refractivity contribution in [2.24, 2.45) is 0 Å². The van der Waals surface area contributed by atoms with E-state index in [9.17, 15) is 0 Å². The molecule has 0 saturated heterocycles. The van der Waals surface area contributed by atoms with Crippen LogP contribution in [0.1, 0.15) is 34.2 Å². The zero-order chi connectivity index (χ0) is 17.8. The fraction of sp³-hybridized carbons (Fsp3) is 0.200. The Labute approximate surface area is 155 Å². The van der Waals surface area contributed by atoms with Crippen molar-refractivity contribution >= 4 is 6.08 Å². The highest BCUT2D eigenvalue weighted by Crippen LogP contribution is 2.38. The molecule has 0 aliphatic heterocycles. The molecule has 26 heavy (non-hydrogen) atoms. The highest BCUT2D eigenvalue weighted by molar-refractivity contribution is 5.78. The van der Waals surface area contributed by atoms with E-state index in [2.05, 4.69) is 48.6 Å². The predicted octanol–water partition coefficient (Wildman–Crippen LogP) is 5.59. The molecule has 130 valence electrons. The number of aryl methyl sites for hydroxylation is 2. The van der Waals surface area contributed by atoms with Gasteiger partial charge >= 0.3 is 0 Å². The minimum absolute atomic E-state index is 0.140. The van der Waals surface area contributed by atoms with Crippen LogP contribution in [0.2, 0.25) is 0 Å². The van der Waals surface area contributed by atoms with E-state index in [4.69, 9.17) is 5.11 Å². The number of hydrogen-bond donors (Lipinski definition) is 1. The van der Waals surface area contributed by atoms with Crippen molar-refractivity contribution in [2.45, 2.75) is 32.3 Å². The van der Waals surface area contributed by atoms with Gasteiger partial charge in [-0.3, -0.25) is 0 Å². The minimum atomic E-state index is 0.140. The number of aliphatic hydroxyl groups excluding tert-OH is 1. The van der Waals surface area contributed by atoms with E-state index in [1.54, 1.807) is 5.56 Å². The third kappa shape index (κ3) is 3.36. The molecule has 0 heterocycles. The van der Waals surface area contributed by atoms with Crippen molar-refractivity contribution < 1.29 is 5.11 Å². The molecule has 0 spiro atoms. The maximum atomic E-state index is 8.54. The van der Waals surface area contributed by atoms with Gasteiger partial charge in [-0.2, -0.15) is 0 Å². The summed E-state index contributed by atoms with van der Waals surface area (Å²) >= 11 is 0. The van der Waals surface area contributed by atoms with Crippen molar-refractivity contribution in [3.05, 3.63) is 101 Å². The van der Waals surface area contributed by atoms with Crippen molar-refractivity contribution in [2.75, 3.05) is 0 Å². The van der Waals surface area contributed by atoms with Crippen LogP contribution in [-0.4, -0.2) is 5.11 Å². The van der Waals surface area contributed by atoms with Crippen LogP contribution in [0.5, 0.6) is 0 Å². The van der Waals surface area contributed by atoms with Crippen LogP contribution in [0.4, 0.5) is 0 Å². The topological polar surface area (TPSA) is 20.2 Å². The number of allylic oxidation sites excluding steroid dienone is 1. The number of fused-ring (bicyclic) bond motifs is 5. The van der Waals surface area contributed by atoms with E-state index in [1.165, 1.54) is 53.5 Å². The third-order valence-corrected chi connectivity index (χ3v) is 5.29. The number of aliphatic hydroxyl groups is 1. The van der Waals surface area contributed by atoms with Crippen LogP contribution < -0.4 is 0 Å². The first-order chi connectivity index (χ1) is 12.9. The van der Waals surface area contributed by atoms with Gasteiger partial charge in [0.15, 0.2) is 0 Å². The summed E-state index contributed by atoms with van der Waals surface area (Å²) in [7, 11) is 0. The summed E-state index contributed by atoms with van der Waals surface area (Å²) in [5.74, 6) is 0. The first kappa shape index (κ1) is 16.8. The van der Waals surface area contributed by atoms with Crippen LogP contribution in [0.25, 0.3) is 17.2 Å². The summed E-state index contributed by atoms with van der Waals surface area (Å²) in [5.41, 5.74) is 9.99. The Bertz CT molecular complexity index is 922. The van der Waals surface area contributed by atoms with Crippen molar-refractivity contribution in [1.82, 2.24) is 0 Å².